The molecule has 3 atom stereocenters. The number of rotatable bonds is 4. The monoisotopic (exact) mass is 435 g/mol. The van der Waals surface area contributed by atoms with Crippen LogP contribution in [-0.2, 0) is 18.9 Å². The molecule has 1 aromatic carbocycles. The van der Waals surface area contributed by atoms with Crippen LogP contribution in [-0.4, -0.2) is 62.4 Å². The van der Waals surface area contributed by atoms with E-state index in [0.29, 0.717) is 49.4 Å². The van der Waals surface area contributed by atoms with E-state index >= 15 is 4.39 Å². The van der Waals surface area contributed by atoms with Gasteiger partial charge >= 0.3 is 6.09 Å². The lowest BCUT2D eigenvalue weighted by Gasteiger charge is -2.38. The maximum absolute atomic E-state index is 15.9. The number of morpholine rings is 1. The Hall–Kier alpha value is -2.43. The van der Waals surface area contributed by atoms with Gasteiger partial charge in [-0.05, 0) is 26.3 Å². The molecule has 3 aliphatic heterocycles. The lowest BCUT2D eigenvalue weighted by molar-refractivity contribution is -0.0445. The highest BCUT2D eigenvalue weighted by Crippen LogP contribution is 2.42. The van der Waals surface area contributed by atoms with Crippen LogP contribution in [0.25, 0.3) is 11.0 Å². The number of nitrogens with zero attached hydrogens (tertiary/aromatic N) is 3. The first-order chi connectivity index (χ1) is 15.0. The molecule has 10 heteroatoms. The third-order valence-electron chi connectivity index (χ3n) is 5.96. The van der Waals surface area contributed by atoms with Gasteiger partial charge in [0.25, 0.3) is 0 Å². The number of carbonyl (C=O) groups excluding carboxylic acids is 1. The number of carbonyl (C=O) groups is 1. The van der Waals surface area contributed by atoms with Crippen molar-refractivity contribution in [2.45, 2.75) is 51.7 Å². The van der Waals surface area contributed by atoms with E-state index in [9.17, 15) is 4.79 Å². The summed E-state index contributed by atoms with van der Waals surface area (Å²) in [6, 6.07) is 1.57. The topological polar surface area (TPSA) is 86.5 Å². The molecule has 0 bridgehead atoms. The van der Waals surface area contributed by atoms with Crippen LogP contribution in [0.2, 0.25) is 0 Å². The Morgan fingerprint density at radius 2 is 1.90 bits per heavy atom. The number of ether oxygens (including phenoxy) is 4. The van der Waals surface area contributed by atoms with Crippen LogP contribution in [0.3, 0.4) is 0 Å². The summed E-state index contributed by atoms with van der Waals surface area (Å²) in [6.07, 6.45) is -0.680. The fourth-order valence-corrected chi connectivity index (χ4v) is 4.63. The number of hydrogen-bond acceptors (Lipinski definition) is 8. The normalized spacial score (nSPS) is 27.5. The van der Waals surface area contributed by atoms with Gasteiger partial charge in [0.05, 0.1) is 42.5 Å². The largest absolute Gasteiger partial charge is 0.447 e. The highest BCUT2D eigenvalue weighted by Gasteiger charge is 2.39. The number of hydrogen-bond donors (Lipinski definition) is 0. The molecule has 31 heavy (non-hydrogen) atoms. The fraction of sp³-hybridized carbons (Fsp3) is 0.619. The minimum absolute atomic E-state index is 0.00639. The van der Waals surface area contributed by atoms with Crippen LogP contribution >= 0.6 is 0 Å². The summed E-state index contributed by atoms with van der Waals surface area (Å²) >= 11 is 0. The van der Waals surface area contributed by atoms with E-state index in [1.807, 2.05) is 25.7 Å². The van der Waals surface area contributed by atoms with Crippen molar-refractivity contribution < 1.29 is 32.7 Å². The first-order valence-electron chi connectivity index (χ1n) is 10.7. The summed E-state index contributed by atoms with van der Waals surface area (Å²) in [6.45, 7) is 8.00. The maximum atomic E-state index is 15.9. The van der Waals surface area contributed by atoms with Crippen molar-refractivity contribution in [2.75, 3.05) is 42.7 Å². The van der Waals surface area contributed by atoms with Crippen LogP contribution in [0.4, 0.5) is 20.7 Å². The first kappa shape index (κ1) is 20.5. The van der Waals surface area contributed by atoms with Crippen molar-refractivity contribution >= 4 is 28.6 Å². The molecule has 9 nitrogen and oxygen atoms in total. The minimum atomic E-state index is -0.711. The fourth-order valence-electron chi connectivity index (χ4n) is 4.63. The molecule has 168 valence electrons. The molecule has 3 unspecified atom stereocenters. The van der Waals surface area contributed by atoms with Crippen molar-refractivity contribution in [3.05, 3.63) is 17.4 Å². The average molecular weight is 435 g/mol. The van der Waals surface area contributed by atoms with E-state index in [4.69, 9.17) is 23.5 Å². The molecule has 0 saturated carbocycles. The van der Waals surface area contributed by atoms with E-state index < -0.39 is 18.2 Å². The number of anilines is 2. The second-order valence-corrected chi connectivity index (χ2v) is 8.26. The molecular weight excluding hydrogens is 409 g/mol. The van der Waals surface area contributed by atoms with E-state index in [2.05, 4.69) is 5.16 Å². The second-order valence-electron chi connectivity index (χ2n) is 8.26. The predicted octanol–water partition coefficient (Wildman–Crippen LogP) is 3.36. The number of fused-ring (bicyclic) bond motifs is 1. The highest BCUT2D eigenvalue weighted by molar-refractivity contribution is 6.01. The standard InChI is InChI=1S/C21H26FN3O6/c1-4-13-10-29-21(26)25(13)19-15-7-14(20-27-5-6-28-20)17(16(22)18(15)31-23-19)24-8-11(2)30-12(3)9-24/h7,11-13,20H,4-6,8-10H2,1-3H3. The Labute approximate surface area is 178 Å². The molecule has 0 N–H and O–H groups in total. The predicted molar refractivity (Wildman–Crippen MR) is 109 cm³/mol. The van der Waals surface area contributed by atoms with Gasteiger partial charge in [0, 0.05) is 18.7 Å². The van der Waals surface area contributed by atoms with Crippen LogP contribution in [0.1, 0.15) is 39.0 Å². The summed E-state index contributed by atoms with van der Waals surface area (Å²) < 4.78 is 43.8. The Kier molecular flexibility index (Phi) is 5.23. The van der Waals surface area contributed by atoms with Gasteiger partial charge in [0.15, 0.2) is 17.9 Å². The summed E-state index contributed by atoms with van der Waals surface area (Å²) in [4.78, 5) is 15.7. The molecule has 4 heterocycles. The quantitative estimate of drug-likeness (QED) is 0.723. The average Bonchev–Trinajstić information content (AvgIpc) is 3.46. The summed E-state index contributed by atoms with van der Waals surface area (Å²) in [5.74, 6) is -0.301. The summed E-state index contributed by atoms with van der Waals surface area (Å²) in [7, 11) is 0. The first-order valence-corrected chi connectivity index (χ1v) is 10.7. The van der Waals surface area contributed by atoms with Crippen LogP contribution in [0, 0.1) is 5.82 Å². The summed E-state index contributed by atoms with van der Waals surface area (Å²) in [5.41, 5.74) is 0.905. The molecule has 0 spiro atoms. The van der Waals surface area contributed by atoms with E-state index in [0.717, 1.165) is 0 Å². The third kappa shape index (κ3) is 3.42. The number of amides is 1. The summed E-state index contributed by atoms with van der Waals surface area (Å²) in [5, 5.41) is 4.45. The molecule has 3 aliphatic rings. The van der Waals surface area contributed by atoms with Gasteiger partial charge in [-0.2, -0.15) is 0 Å². The molecule has 1 amide bonds. The van der Waals surface area contributed by atoms with Crippen LogP contribution < -0.4 is 9.80 Å². The van der Waals surface area contributed by atoms with Gasteiger partial charge in [0.1, 0.15) is 6.61 Å². The molecule has 2 aromatic rings. The van der Waals surface area contributed by atoms with Gasteiger partial charge in [-0.1, -0.05) is 12.1 Å². The SMILES string of the molecule is CCC1COC(=O)N1c1noc2c(F)c(N3CC(C)OC(C)C3)c(C3OCCO3)cc12. The van der Waals surface area contributed by atoms with Crippen molar-refractivity contribution in [2.24, 2.45) is 0 Å². The highest BCUT2D eigenvalue weighted by atomic mass is 19.1. The molecule has 3 saturated heterocycles. The minimum Gasteiger partial charge on any atom is -0.447 e. The van der Waals surface area contributed by atoms with Crippen LogP contribution in [0.5, 0.6) is 0 Å². The van der Waals surface area contributed by atoms with Crippen molar-refractivity contribution in [3.8, 4) is 0 Å². The van der Waals surface area contributed by atoms with E-state index in [1.54, 1.807) is 6.07 Å². The number of benzene rings is 1. The molecule has 3 fully saturated rings. The van der Waals surface area contributed by atoms with Gasteiger partial charge < -0.3 is 28.4 Å². The zero-order valence-corrected chi connectivity index (χ0v) is 17.8. The van der Waals surface area contributed by atoms with Crippen molar-refractivity contribution in [1.82, 2.24) is 5.16 Å². The lowest BCUT2D eigenvalue weighted by atomic mass is 10.0. The zero-order valence-electron chi connectivity index (χ0n) is 17.8. The van der Waals surface area contributed by atoms with Gasteiger partial charge in [-0.3, -0.25) is 4.90 Å². The van der Waals surface area contributed by atoms with Crippen molar-refractivity contribution in [1.29, 1.82) is 0 Å². The van der Waals surface area contributed by atoms with E-state index in [-0.39, 0.29) is 36.3 Å². The molecule has 1 aromatic heterocycles. The maximum Gasteiger partial charge on any atom is 0.416 e. The second kappa shape index (κ2) is 7.92. The van der Waals surface area contributed by atoms with Crippen LogP contribution in [0.15, 0.2) is 10.6 Å². The smallest absolute Gasteiger partial charge is 0.416 e. The molecule has 0 aliphatic carbocycles. The number of cyclic esters (lactones) is 1. The molecule has 0 radical (unpaired) electrons. The van der Waals surface area contributed by atoms with E-state index in [1.165, 1.54) is 4.90 Å². The number of aromatic nitrogens is 1. The number of halogens is 1. The Morgan fingerprint density at radius 1 is 1.19 bits per heavy atom. The lowest BCUT2D eigenvalue weighted by Crippen LogP contribution is -2.46. The van der Waals surface area contributed by atoms with Gasteiger partial charge in [-0.15, -0.1) is 0 Å². The van der Waals surface area contributed by atoms with Gasteiger partial charge in [-0.25, -0.2) is 9.18 Å². The zero-order chi connectivity index (χ0) is 21.7. The Morgan fingerprint density at radius 3 is 2.58 bits per heavy atom. The van der Waals surface area contributed by atoms with Gasteiger partial charge in [0.2, 0.25) is 5.58 Å². The molecular formula is C21H26FN3O6. The van der Waals surface area contributed by atoms with Crippen molar-refractivity contribution in [3.63, 3.8) is 0 Å². The molecule has 5 rings (SSSR count). The Bertz CT molecular complexity index is 981. The third-order valence-corrected chi connectivity index (χ3v) is 5.96. The Balaban J connectivity index is 1.66.